The van der Waals surface area contributed by atoms with Crippen molar-refractivity contribution in [3.8, 4) is 0 Å². The average molecular weight is 310 g/mol. The molecule has 0 radical (unpaired) electrons. The van der Waals surface area contributed by atoms with Gasteiger partial charge >= 0.3 is 5.97 Å². The zero-order chi connectivity index (χ0) is 15.5. The zero-order valence-electron chi connectivity index (χ0n) is 13.5. The highest BCUT2D eigenvalue weighted by Crippen LogP contribution is 2.35. The third-order valence-corrected chi connectivity index (χ3v) is 5.27. The van der Waals surface area contributed by atoms with Crippen LogP contribution in [0.25, 0.3) is 0 Å². The van der Waals surface area contributed by atoms with Gasteiger partial charge in [-0.25, -0.2) is 4.98 Å². The number of aromatic nitrogens is 1. The number of esters is 1. The predicted octanol–water partition coefficient (Wildman–Crippen LogP) is 3.51. The van der Waals surface area contributed by atoms with Crippen molar-refractivity contribution >= 4 is 22.4 Å². The fourth-order valence-corrected chi connectivity index (χ4v) is 3.78. The molecule has 0 saturated carbocycles. The Balaban J connectivity index is 1.98. The summed E-state index contributed by atoms with van der Waals surface area (Å²) < 4.78 is 4.69. The van der Waals surface area contributed by atoms with Gasteiger partial charge in [-0.1, -0.05) is 20.8 Å². The van der Waals surface area contributed by atoms with E-state index in [2.05, 4.69) is 30.7 Å². The SMILES string of the molecule is COC(=O)Cc1csc(N2CCCC(C(C)(C)C)CC2)n1. The van der Waals surface area contributed by atoms with Gasteiger partial charge in [0.1, 0.15) is 0 Å². The lowest BCUT2D eigenvalue weighted by atomic mass is 9.77. The first-order chi connectivity index (χ1) is 9.90. The van der Waals surface area contributed by atoms with E-state index >= 15 is 0 Å². The van der Waals surface area contributed by atoms with E-state index < -0.39 is 0 Å². The molecule has 1 saturated heterocycles. The molecular weight excluding hydrogens is 284 g/mol. The third-order valence-electron chi connectivity index (χ3n) is 4.32. The topological polar surface area (TPSA) is 42.4 Å². The molecule has 1 fully saturated rings. The van der Waals surface area contributed by atoms with Crippen molar-refractivity contribution in [3.63, 3.8) is 0 Å². The van der Waals surface area contributed by atoms with Crippen LogP contribution in [0.2, 0.25) is 0 Å². The highest BCUT2D eigenvalue weighted by Gasteiger charge is 2.27. The highest BCUT2D eigenvalue weighted by molar-refractivity contribution is 7.13. The van der Waals surface area contributed by atoms with Gasteiger partial charge in [-0.3, -0.25) is 4.79 Å². The summed E-state index contributed by atoms with van der Waals surface area (Å²) in [6.07, 6.45) is 4.00. The number of rotatable bonds is 3. The van der Waals surface area contributed by atoms with Crippen LogP contribution in [0.3, 0.4) is 0 Å². The van der Waals surface area contributed by atoms with Gasteiger partial charge in [0.05, 0.1) is 19.2 Å². The number of carbonyl (C=O) groups excluding carboxylic acids is 1. The molecule has 0 amide bonds. The fourth-order valence-electron chi connectivity index (χ4n) is 2.90. The van der Waals surface area contributed by atoms with Crippen LogP contribution in [0.1, 0.15) is 45.7 Å². The molecule has 1 aromatic heterocycles. The van der Waals surface area contributed by atoms with E-state index in [1.165, 1.54) is 26.4 Å². The molecule has 0 spiro atoms. The molecule has 1 unspecified atom stereocenters. The second kappa shape index (κ2) is 6.77. The molecule has 21 heavy (non-hydrogen) atoms. The summed E-state index contributed by atoms with van der Waals surface area (Å²) in [6.45, 7) is 9.15. The summed E-state index contributed by atoms with van der Waals surface area (Å²) in [5.41, 5.74) is 1.20. The smallest absolute Gasteiger partial charge is 0.311 e. The number of hydrogen-bond acceptors (Lipinski definition) is 5. The van der Waals surface area contributed by atoms with Crippen molar-refractivity contribution < 1.29 is 9.53 Å². The number of nitrogens with zero attached hydrogens (tertiary/aromatic N) is 2. The first-order valence-electron chi connectivity index (χ1n) is 7.66. The minimum Gasteiger partial charge on any atom is -0.469 e. The minimum atomic E-state index is -0.226. The highest BCUT2D eigenvalue weighted by atomic mass is 32.1. The number of hydrogen-bond donors (Lipinski definition) is 0. The minimum absolute atomic E-state index is 0.226. The molecule has 4 nitrogen and oxygen atoms in total. The Morgan fingerprint density at radius 1 is 1.43 bits per heavy atom. The van der Waals surface area contributed by atoms with Crippen molar-refractivity contribution in [2.24, 2.45) is 11.3 Å². The summed E-state index contributed by atoms with van der Waals surface area (Å²) in [5.74, 6) is 0.549. The Bertz CT molecular complexity index is 479. The van der Waals surface area contributed by atoms with Crippen molar-refractivity contribution in [2.45, 2.75) is 46.5 Å². The Kier molecular flexibility index (Phi) is 5.25. The number of methoxy groups -OCH3 is 1. The van der Waals surface area contributed by atoms with Crippen molar-refractivity contribution in [2.75, 3.05) is 25.1 Å². The van der Waals surface area contributed by atoms with Gasteiger partial charge in [0.2, 0.25) is 0 Å². The van der Waals surface area contributed by atoms with Gasteiger partial charge in [0, 0.05) is 18.5 Å². The molecule has 1 aliphatic rings. The van der Waals surface area contributed by atoms with Crippen LogP contribution in [-0.4, -0.2) is 31.2 Å². The molecule has 5 heteroatoms. The monoisotopic (exact) mass is 310 g/mol. The molecule has 0 bridgehead atoms. The van der Waals surface area contributed by atoms with Crippen LogP contribution >= 0.6 is 11.3 Å². The number of thiazole rings is 1. The van der Waals surface area contributed by atoms with Gasteiger partial charge in [-0.2, -0.15) is 0 Å². The van der Waals surface area contributed by atoms with Gasteiger partial charge < -0.3 is 9.64 Å². The van der Waals surface area contributed by atoms with Crippen LogP contribution in [0, 0.1) is 11.3 Å². The lowest BCUT2D eigenvalue weighted by molar-refractivity contribution is -0.139. The largest absolute Gasteiger partial charge is 0.469 e. The Morgan fingerprint density at radius 3 is 2.86 bits per heavy atom. The number of anilines is 1. The number of ether oxygens (including phenoxy) is 1. The second-order valence-corrected chi connectivity index (χ2v) is 7.69. The Hall–Kier alpha value is -1.10. The van der Waals surface area contributed by atoms with E-state index in [0.29, 0.717) is 5.41 Å². The normalized spacial score (nSPS) is 20.2. The molecule has 1 aliphatic heterocycles. The van der Waals surface area contributed by atoms with Gasteiger partial charge in [0.15, 0.2) is 5.13 Å². The third kappa shape index (κ3) is 4.43. The summed E-state index contributed by atoms with van der Waals surface area (Å²) in [7, 11) is 1.41. The van der Waals surface area contributed by atoms with Crippen LogP contribution < -0.4 is 4.90 Å². The maximum Gasteiger partial charge on any atom is 0.311 e. The molecule has 0 N–H and O–H groups in total. The molecule has 0 aromatic carbocycles. The fraction of sp³-hybridized carbons (Fsp3) is 0.750. The average Bonchev–Trinajstić information content (AvgIpc) is 2.72. The van der Waals surface area contributed by atoms with E-state index in [1.54, 1.807) is 11.3 Å². The lowest BCUT2D eigenvalue weighted by Gasteiger charge is -2.29. The van der Waals surface area contributed by atoms with Gasteiger partial charge in [0.25, 0.3) is 0 Å². The van der Waals surface area contributed by atoms with E-state index in [4.69, 9.17) is 4.74 Å². The summed E-state index contributed by atoms with van der Waals surface area (Å²) >= 11 is 1.63. The Labute approximate surface area is 131 Å². The molecule has 1 atom stereocenters. The maximum absolute atomic E-state index is 11.3. The number of carbonyl (C=O) groups is 1. The summed E-state index contributed by atoms with van der Waals surface area (Å²) in [4.78, 5) is 18.3. The molecule has 0 aliphatic carbocycles. The van der Waals surface area contributed by atoms with E-state index in [0.717, 1.165) is 29.8 Å². The molecule has 2 rings (SSSR count). The molecule has 2 heterocycles. The second-order valence-electron chi connectivity index (χ2n) is 6.86. The summed E-state index contributed by atoms with van der Waals surface area (Å²) in [6, 6.07) is 0. The van der Waals surface area contributed by atoms with E-state index in [1.807, 2.05) is 5.38 Å². The van der Waals surface area contributed by atoms with Crippen LogP contribution in [-0.2, 0) is 16.0 Å². The van der Waals surface area contributed by atoms with Crippen molar-refractivity contribution in [1.82, 2.24) is 4.98 Å². The first kappa shape index (κ1) is 16.3. The van der Waals surface area contributed by atoms with Crippen molar-refractivity contribution in [1.29, 1.82) is 0 Å². The lowest BCUT2D eigenvalue weighted by Crippen LogP contribution is -2.26. The molecule has 1 aromatic rings. The quantitative estimate of drug-likeness (QED) is 0.801. The predicted molar refractivity (Wildman–Crippen MR) is 86.8 cm³/mol. The summed E-state index contributed by atoms with van der Waals surface area (Å²) in [5, 5.41) is 3.02. The maximum atomic E-state index is 11.3. The van der Waals surface area contributed by atoms with Gasteiger partial charge in [-0.05, 0) is 30.6 Å². The van der Waals surface area contributed by atoms with Crippen LogP contribution in [0.4, 0.5) is 5.13 Å². The molecular formula is C16H26N2O2S. The standard InChI is InChI=1S/C16H26N2O2S/c1-16(2,3)12-6-5-8-18(9-7-12)15-17-13(11-21-15)10-14(19)20-4/h11-12H,5-10H2,1-4H3. The van der Waals surface area contributed by atoms with E-state index in [9.17, 15) is 4.79 Å². The van der Waals surface area contributed by atoms with Gasteiger partial charge in [-0.15, -0.1) is 11.3 Å². The van der Waals surface area contributed by atoms with Crippen molar-refractivity contribution in [3.05, 3.63) is 11.1 Å². The first-order valence-corrected chi connectivity index (χ1v) is 8.54. The Morgan fingerprint density at radius 2 is 2.19 bits per heavy atom. The zero-order valence-corrected chi connectivity index (χ0v) is 14.3. The van der Waals surface area contributed by atoms with E-state index in [-0.39, 0.29) is 12.4 Å². The van der Waals surface area contributed by atoms with Crippen LogP contribution in [0.5, 0.6) is 0 Å². The van der Waals surface area contributed by atoms with Crippen LogP contribution in [0.15, 0.2) is 5.38 Å². The molecule has 118 valence electrons.